The molecule has 1 aliphatic heterocycles. The Morgan fingerprint density at radius 3 is 2.92 bits per heavy atom. The summed E-state index contributed by atoms with van der Waals surface area (Å²) in [7, 11) is -2.49. The normalized spacial score (nSPS) is 36.9. The topological polar surface area (TPSA) is 55.8 Å². The van der Waals surface area contributed by atoms with Crippen molar-refractivity contribution in [3.63, 3.8) is 0 Å². The zero-order chi connectivity index (χ0) is 9.14. The average molecular weight is 193 g/mol. The van der Waals surface area contributed by atoms with E-state index >= 15 is 0 Å². The Morgan fingerprint density at radius 1 is 1.75 bits per heavy atom. The van der Waals surface area contributed by atoms with Crippen LogP contribution in [-0.4, -0.2) is 23.2 Å². The van der Waals surface area contributed by atoms with Crippen LogP contribution in [0.4, 0.5) is 0 Å². The number of hydrogen-bond acceptors (Lipinski definition) is 3. The Kier molecular flexibility index (Phi) is 3.59. The monoisotopic (exact) mass is 193 g/mol. The minimum Gasteiger partial charge on any atom is -0.372 e. The van der Waals surface area contributed by atoms with Gasteiger partial charge in [-0.1, -0.05) is 6.92 Å². The SMILES string of the molecule is CC[C@H]1O[C@@H](C)CC1O[P+](=O)O. The van der Waals surface area contributed by atoms with Crippen LogP contribution in [0.1, 0.15) is 26.7 Å². The average Bonchev–Trinajstić information content (AvgIpc) is 2.29. The first-order valence-corrected chi connectivity index (χ1v) is 5.25. The van der Waals surface area contributed by atoms with Crippen molar-refractivity contribution in [2.24, 2.45) is 0 Å². The van der Waals surface area contributed by atoms with Gasteiger partial charge in [0.2, 0.25) is 0 Å². The molecular weight excluding hydrogens is 179 g/mol. The van der Waals surface area contributed by atoms with Crippen molar-refractivity contribution in [1.82, 2.24) is 0 Å². The number of ether oxygens (including phenoxy) is 1. The summed E-state index contributed by atoms with van der Waals surface area (Å²) in [5.41, 5.74) is 0. The van der Waals surface area contributed by atoms with E-state index in [0.717, 1.165) is 6.42 Å². The lowest BCUT2D eigenvalue weighted by Gasteiger charge is -2.09. The zero-order valence-corrected chi connectivity index (χ0v) is 8.16. The van der Waals surface area contributed by atoms with Gasteiger partial charge in [-0.3, -0.25) is 0 Å². The second-order valence-corrected chi connectivity index (χ2v) is 3.70. The van der Waals surface area contributed by atoms with Gasteiger partial charge in [0, 0.05) is 11.0 Å². The molecule has 4 atom stereocenters. The van der Waals surface area contributed by atoms with Crippen LogP contribution in [0, 0.1) is 0 Å². The molecule has 0 saturated carbocycles. The highest BCUT2D eigenvalue weighted by atomic mass is 31.1. The van der Waals surface area contributed by atoms with Crippen molar-refractivity contribution >= 4 is 8.25 Å². The van der Waals surface area contributed by atoms with Crippen LogP contribution < -0.4 is 0 Å². The Hall–Kier alpha value is -0.0200. The zero-order valence-electron chi connectivity index (χ0n) is 7.27. The molecule has 0 bridgehead atoms. The largest absolute Gasteiger partial charge is 0.695 e. The van der Waals surface area contributed by atoms with Gasteiger partial charge in [-0.2, -0.15) is 0 Å². The second kappa shape index (κ2) is 4.28. The maximum atomic E-state index is 10.4. The fraction of sp³-hybridized carbons (Fsp3) is 1.00. The van der Waals surface area contributed by atoms with Gasteiger partial charge >= 0.3 is 8.25 Å². The minimum absolute atomic E-state index is 0.0221. The first-order valence-electron chi connectivity index (χ1n) is 4.11. The molecular formula is C7H14O4P+. The fourth-order valence-electron chi connectivity index (χ4n) is 1.51. The van der Waals surface area contributed by atoms with Gasteiger partial charge in [0.25, 0.3) is 0 Å². The maximum absolute atomic E-state index is 10.4. The molecule has 1 saturated heterocycles. The van der Waals surface area contributed by atoms with E-state index in [-0.39, 0.29) is 18.3 Å². The molecule has 0 amide bonds. The van der Waals surface area contributed by atoms with Crippen molar-refractivity contribution in [2.75, 3.05) is 0 Å². The molecule has 1 heterocycles. The molecule has 1 fully saturated rings. The van der Waals surface area contributed by atoms with Gasteiger partial charge in [0.15, 0.2) is 0 Å². The molecule has 1 rings (SSSR count). The highest BCUT2D eigenvalue weighted by molar-refractivity contribution is 7.32. The molecule has 0 aromatic carbocycles. The van der Waals surface area contributed by atoms with Crippen LogP contribution in [-0.2, 0) is 13.8 Å². The van der Waals surface area contributed by atoms with Gasteiger partial charge in [-0.15, -0.1) is 9.42 Å². The molecule has 5 heteroatoms. The molecule has 0 aromatic heterocycles. The van der Waals surface area contributed by atoms with Crippen molar-refractivity contribution in [1.29, 1.82) is 0 Å². The summed E-state index contributed by atoms with van der Waals surface area (Å²) in [4.78, 5) is 8.54. The maximum Gasteiger partial charge on any atom is 0.695 e. The summed E-state index contributed by atoms with van der Waals surface area (Å²) in [5.74, 6) is 0. The Balaban J connectivity index is 2.46. The first-order chi connectivity index (χ1) is 5.63. The third kappa shape index (κ3) is 2.49. The molecule has 12 heavy (non-hydrogen) atoms. The summed E-state index contributed by atoms with van der Waals surface area (Å²) in [6.07, 6.45) is 1.43. The molecule has 70 valence electrons. The second-order valence-electron chi connectivity index (χ2n) is 3.01. The van der Waals surface area contributed by atoms with Gasteiger partial charge in [0.1, 0.15) is 6.10 Å². The molecule has 1 N–H and O–H groups in total. The highest BCUT2D eigenvalue weighted by Crippen LogP contribution is 2.31. The van der Waals surface area contributed by atoms with Crippen molar-refractivity contribution < 1.29 is 18.7 Å². The summed E-state index contributed by atoms with van der Waals surface area (Å²) < 4.78 is 20.7. The molecule has 0 radical (unpaired) electrons. The van der Waals surface area contributed by atoms with E-state index < -0.39 is 8.25 Å². The van der Waals surface area contributed by atoms with Crippen LogP contribution in [0.5, 0.6) is 0 Å². The third-order valence-electron chi connectivity index (χ3n) is 2.01. The van der Waals surface area contributed by atoms with E-state index in [2.05, 4.69) is 0 Å². The lowest BCUT2D eigenvalue weighted by molar-refractivity contribution is 0.0209. The van der Waals surface area contributed by atoms with E-state index in [1.54, 1.807) is 0 Å². The summed E-state index contributed by atoms with van der Waals surface area (Å²) in [6.45, 7) is 3.92. The lowest BCUT2D eigenvalue weighted by Crippen LogP contribution is -2.21. The fourth-order valence-corrected chi connectivity index (χ4v) is 1.96. The smallest absolute Gasteiger partial charge is 0.372 e. The number of hydrogen-bond donors (Lipinski definition) is 1. The first kappa shape index (κ1) is 10.1. The predicted octanol–water partition coefficient (Wildman–Crippen LogP) is 1.61. The van der Waals surface area contributed by atoms with Crippen molar-refractivity contribution in [3.8, 4) is 0 Å². The summed E-state index contributed by atoms with van der Waals surface area (Å²) in [5, 5.41) is 0. The lowest BCUT2D eigenvalue weighted by atomic mass is 10.1. The predicted molar refractivity (Wildman–Crippen MR) is 43.9 cm³/mol. The molecule has 2 unspecified atom stereocenters. The van der Waals surface area contributed by atoms with Gasteiger partial charge in [-0.05, 0) is 13.3 Å². The minimum atomic E-state index is -2.49. The van der Waals surface area contributed by atoms with Gasteiger partial charge < -0.3 is 4.74 Å². The Labute approximate surface area is 72.8 Å². The molecule has 0 aromatic rings. The van der Waals surface area contributed by atoms with Crippen molar-refractivity contribution in [3.05, 3.63) is 0 Å². The summed E-state index contributed by atoms with van der Waals surface area (Å²) >= 11 is 0. The van der Waals surface area contributed by atoms with Crippen LogP contribution in [0.15, 0.2) is 0 Å². The molecule has 4 nitrogen and oxygen atoms in total. The van der Waals surface area contributed by atoms with Gasteiger partial charge in [0.05, 0.1) is 12.2 Å². The molecule has 0 aliphatic carbocycles. The van der Waals surface area contributed by atoms with Crippen molar-refractivity contribution in [2.45, 2.75) is 45.0 Å². The Morgan fingerprint density at radius 2 is 2.42 bits per heavy atom. The summed E-state index contributed by atoms with van der Waals surface area (Å²) in [6, 6.07) is 0. The van der Waals surface area contributed by atoms with E-state index in [0.29, 0.717) is 6.42 Å². The quantitative estimate of drug-likeness (QED) is 0.692. The Bertz CT molecular complexity index is 173. The third-order valence-corrected chi connectivity index (χ3v) is 2.47. The van der Waals surface area contributed by atoms with Crippen LogP contribution in [0.3, 0.4) is 0 Å². The van der Waals surface area contributed by atoms with Gasteiger partial charge in [-0.25, -0.2) is 0 Å². The molecule has 1 aliphatic rings. The van der Waals surface area contributed by atoms with E-state index in [1.807, 2.05) is 13.8 Å². The van der Waals surface area contributed by atoms with E-state index in [9.17, 15) is 4.57 Å². The molecule has 0 spiro atoms. The van der Waals surface area contributed by atoms with Crippen LogP contribution >= 0.6 is 8.25 Å². The van der Waals surface area contributed by atoms with E-state index in [4.69, 9.17) is 14.2 Å². The van der Waals surface area contributed by atoms with Crippen LogP contribution in [0.2, 0.25) is 0 Å². The number of rotatable bonds is 3. The van der Waals surface area contributed by atoms with Crippen LogP contribution in [0.25, 0.3) is 0 Å². The standard InChI is InChI=1S/C7H13O4P/c1-3-6-7(11-12(8)9)4-5(2)10-6/h5-7H,3-4H2,1-2H3/p+1/t5-,6+,7?/m0/s1. The van der Waals surface area contributed by atoms with E-state index in [1.165, 1.54) is 0 Å². The highest BCUT2D eigenvalue weighted by Gasteiger charge is 2.38.